The molecule has 0 aliphatic heterocycles. The second-order valence-corrected chi connectivity index (χ2v) is 13.1. The molecule has 0 radical (unpaired) electrons. The van der Waals surface area contributed by atoms with Crippen LogP contribution in [0.1, 0.15) is 157 Å². The van der Waals surface area contributed by atoms with Gasteiger partial charge in [-0.05, 0) is 49.4 Å². The Kier molecular flexibility index (Phi) is 16.7. The van der Waals surface area contributed by atoms with Crippen LogP contribution in [0.3, 0.4) is 0 Å². The normalized spacial score (nSPS) is 18.7. The molecule has 0 N–H and O–H groups in total. The Hall–Kier alpha value is -1.06. The molecule has 1 aliphatic rings. The van der Waals surface area contributed by atoms with Crippen LogP contribution in [-0.4, -0.2) is 25.2 Å². The van der Waals surface area contributed by atoms with Crippen LogP contribution in [0.2, 0.25) is 0 Å². The lowest BCUT2D eigenvalue weighted by atomic mass is 9.82. The van der Waals surface area contributed by atoms with E-state index in [1.807, 2.05) is 0 Å². The summed E-state index contributed by atoms with van der Waals surface area (Å²) >= 11 is 0. The molecule has 0 unspecified atom stereocenters. The molecule has 1 aliphatic carbocycles. The molecule has 0 spiro atoms. The van der Waals surface area contributed by atoms with Crippen LogP contribution in [0.4, 0.5) is 0 Å². The minimum absolute atomic E-state index is 0.0315. The first kappa shape index (κ1) is 33.0. The maximum Gasteiger partial charge on any atom is 0.308 e. The van der Waals surface area contributed by atoms with E-state index in [9.17, 15) is 9.59 Å². The summed E-state index contributed by atoms with van der Waals surface area (Å²) in [4.78, 5) is 25.3. The van der Waals surface area contributed by atoms with Gasteiger partial charge in [-0.1, -0.05) is 119 Å². The molecule has 0 saturated heterocycles. The van der Waals surface area contributed by atoms with E-state index in [-0.39, 0.29) is 34.6 Å². The molecule has 1 rings (SSSR count). The molecule has 0 aromatic carbocycles. The van der Waals surface area contributed by atoms with Gasteiger partial charge in [0.05, 0.1) is 25.0 Å². The van der Waals surface area contributed by atoms with E-state index in [0.29, 0.717) is 13.2 Å². The van der Waals surface area contributed by atoms with Crippen molar-refractivity contribution in [1.82, 2.24) is 0 Å². The minimum atomic E-state index is -0.0714. The number of carbonyl (C=O) groups is 2. The molecule has 0 amide bonds. The van der Waals surface area contributed by atoms with Gasteiger partial charge in [-0.3, -0.25) is 9.59 Å². The molecule has 0 aromatic rings. The molecule has 0 atom stereocenters. The fourth-order valence-corrected chi connectivity index (χ4v) is 5.25. The van der Waals surface area contributed by atoms with Crippen molar-refractivity contribution in [3.63, 3.8) is 0 Å². The lowest BCUT2D eigenvalue weighted by Crippen LogP contribution is -2.31. The fourth-order valence-electron chi connectivity index (χ4n) is 5.25. The van der Waals surface area contributed by atoms with Gasteiger partial charge in [0.2, 0.25) is 0 Å². The number of rotatable bonds is 20. The monoisotopic (exact) mass is 508 g/mol. The van der Waals surface area contributed by atoms with Crippen LogP contribution in [-0.2, 0) is 19.1 Å². The SMILES string of the molecule is CCCCCCCCC(C)(C)COC(=O)C1CCC(C(=O)OCC(C)(C)CCCCCCCC)CC1. The highest BCUT2D eigenvalue weighted by molar-refractivity contribution is 5.75. The number of unbranched alkanes of at least 4 members (excludes halogenated alkanes) is 10. The largest absolute Gasteiger partial charge is 0.465 e. The summed E-state index contributed by atoms with van der Waals surface area (Å²) in [6, 6.07) is 0. The quantitative estimate of drug-likeness (QED) is 0.121. The summed E-state index contributed by atoms with van der Waals surface area (Å²) in [5.74, 6) is -0.276. The van der Waals surface area contributed by atoms with Crippen LogP contribution >= 0.6 is 0 Å². The third-order valence-corrected chi connectivity index (χ3v) is 8.02. The van der Waals surface area contributed by atoms with E-state index < -0.39 is 0 Å². The summed E-state index contributed by atoms with van der Waals surface area (Å²) in [6.07, 6.45) is 20.6. The van der Waals surface area contributed by atoms with Crippen molar-refractivity contribution in [2.45, 2.75) is 157 Å². The average Bonchev–Trinajstić information content (AvgIpc) is 2.85. The first-order chi connectivity index (χ1) is 17.1. The molecule has 4 nitrogen and oxygen atoms in total. The highest BCUT2D eigenvalue weighted by Gasteiger charge is 2.33. The van der Waals surface area contributed by atoms with Crippen LogP contribution in [0.5, 0.6) is 0 Å². The third-order valence-electron chi connectivity index (χ3n) is 8.02. The second kappa shape index (κ2) is 18.2. The zero-order valence-electron chi connectivity index (χ0n) is 24.9. The van der Waals surface area contributed by atoms with Crippen molar-refractivity contribution in [3.05, 3.63) is 0 Å². The molecule has 212 valence electrons. The molecule has 36 heavy (non-hydrogen) atoms. The van der Waals surface area contributed by atoms with Crippen LogP contribution in [0, 0.1) is 22.7 Å². The van der Waals surface area contributed by atoms with E-state index in [2.05, 4.69) is 41.5 Å². The lowest BCUT2D eigenvalue weighted by Gasteiger charge is -2.30. The van der Waals surface area contributed by atoms with Crippen LogP contribution < -0.4 is 0 Å². The number of esters is 2. The van der Waals surface area contributed by atoms with Crippen molar-refractivity contribution in [2.75, 3.05) is 13.2 Å². The Bertz CT molecular complexity index is 535. The summed E-state index contributed by atoms with van der Waals surface area (Å²) in [6.45, 7) is 14.3. The molecule has 0 heterocycles. The van der Waals surface area contributed by atoms with E-state index in [0.717, 1.165) is 38.5 Å². The molecular formula is C32H60O4. The van der Waals surface area contributed by atoms with Crippen molar-refractivity contribution >= 4 is 11.9 Å². The van der Waals surface area contributed by atoms with E-state index in [4.69, 9.17) is 9.47 Å². The molecule has 1 saturated carbocycles. The number of hydrogen-bond acceptors (Lipinski definition) is 4. The van der Waals surface area contributed by atoms with Gasteiger partial charge < -0.3 is 9.47 Å². The predicted octanol–water partition coefficient (Wildman–Crippen LogP) is 9.43. The van der Waals surface area contributed by atoms with Crippen molar-refractivity contribution < 1.29 is 19.1 Å². The lowest BCUT2D eigenvalue weighted by molar-refractivity contribution is -0.158. The average molecular weight is 509 g/mol. The Morgan fingerprint density at radius 3 is 1.19 bits per heavy atom. The maximum absolute atomic E-state index is 12.7. The van der Waals surface area contributed by atoms with Gasteiger partial charge in [0, 0.05) is 0 Å². The summed E-state index contributed by atoms with van der Waals surface area (Å²) < 4.78 is 11.5. The van der Waals surface area contributed by atoms with E-state index >= 15 is 0 Å². The number of ether oxygens (including phenoxy) is 2. The summed E-state index contributed by atoms with van der Waals surface area (Å²) in [5.41, 5.74) is 0.0630. The Morgan fingerprint density at radius 2 is 0.861 bits per heavy atom. The maximum atomic E-state index is 12.7. The first-order valence-corrected chi connectivity index (χ1v) is 15.4. The van der Waals surface area contributed by atoms with Gasteiger partial charge in [-0.15, -0.1) is 0 Å². The molecule has 0 aromatic heterocycles. The highest BCUT2D eigenvalue weighted by atomic mass is 16.5. The molecule has 1 fully saturated rings. The molecule has 4 heteroatoms. The van der Waals surface area contributed by atoms with Gasteiger partial charge in [-0.2, -0.15) is 0 Å². The minimum Gasteiger partial charge on any atom is -0.465 e. The third kappa shape index (κ3) is 15.3. The topological polar surface area (TPSA) is 52.6 Å². The second-order valence-electron chi connectivity index (χ2n) is 13.1. The molecule has 0 bridgehead atoms. The number of carbonyl (C=O) groups excluding carboxylic acids is 2. The Morgan fingerprint density at radius 1 is 0.556 bits per heavy atom. The van der Waals surface area contributed by atoms with E-state index in [1.165, 1.54) is 77.0 Å². The van der Waals surface area contributed by atoms with Crippen LogP contribution in [0.15, 0.2) is 0 Å². The van der Waals surface area contributed by atoms with E-state index in [1.54, 1.807) is 0 Å². The Balaban J connectivity index is 2.23. The van der Waals surface area contributed by atoms with Gasteiger partial charge in [0.25, 0.3) is 0 Å². The molecular weight excluding hydrogens is 448 g/mol. The first-order valence-electron chi connectivity index (χ1n) is 15.4. The van der Waals surface area contributed by atoms with Crippen molar-refractivity contribution in [1.29, 1.82) is 0 Å². The fraction of sp³-hybridized carbons (Fsp3) is 0.938. The standard InChI is InChI=1S/C32H60O4/c1-7-9-11-13-15-17-23-31(3,4)25-35-29(33)27-19-21-28(22-20-27)30(34)36-26-32(5,6)24-18-16-14-12-10-8-2/h27-28H,7-26H2,1-6H3. The summed E-state index contributed by atoms with van der Waals surface area (Å²) in [7, 11) is 0. The van der Waals surface area contributed by atoms with Gasteiger partial charge in [-0.25, -0.2) is 0 Å². The van der Waals surface area contributed by atoms with Gasteiger partial charge in [0.15, 0.2) is 0 Å². The summed E-state index contributed by atoms with van der Waals surface area (Å²) in [5, 5.41) is 0. The van der Waals surface area contributed by atoms with Gasteiger partial charge >= 0.3 is 11.9 Å². The van der Waals surface area contributed by atoms with Crippen molar-refractivity contribution in [3.8, 4) is 0 Å². The zero-order chi connectivity index (χ0) is 26.9. The van der Waals surface area contributed by atoms with Crippen molar-refractivity contribution in [2.24, 2.45) is 22.7 Å². The predicted molar refractivity (Wildman–Crippen MR) is 151 cm³/mol. The van der Waals surface area contributed by atoms with Gasteiger partial charge in [0.1, 0.15) is 0 Å². The smallest absolute Gasteiger partial charge is 0.308 e. The van der Waals surface area contributed by atoms with Crippen LogP contribution in [0.25, 0.3) is 0 Å². The zero-order valence-corrected chi connectivity index (χ0v) is 24.9. The number of hydrogen-bond donors (Lipinski definition) is 0. The Labute approximate surface area is 224 Å². The highest BCUT2D eigenvalue weighted by Crippen LogP contribution is 2.33.